The molecule has 0 saturated carbocycles. The SMILES string of the molecule is CC(C)=CCN1CCNC(=O)C1CC(=O)NCC(C)(C)N1CCCC1. The van der Waals surface area contributed by atoms with E-state index in [0.29, 0.717) is 19.6 Å². The molecule has 2 rings (SSSR count). The smallest absolute Gasteiger partial charge is 0.237 e. The lowest BCUT2D eigenvalue weighted by Crippen LogP contribution is -2.57. The van der Waals surface area contributed by atoms with Crippen LogP contribution in [0.25, 0.3) is 0 Å². The van der Waals surface area contributed by atoms with Gasteiger partial charge in [0, 0.05) is 31.7 Å². The van der Waals surface area contributed by atoms with Crippen molar-refractivity contribution in [3.05, 3.63) is 11.6 Å². The molecule has 2 aliphatic rings. The third kappa shape index (κ3) is 5.82. The highest BCUT2D eigenvalue weighted by Crippen LogP contribution is 2.20. The van der Waals surface area contributed by atoms with Crippen LogP contribution < -0.4 is 10.6 Å². The van der Waals surface area contributed by atoms with E-state index in [1.54, 1.807) is 0 Å². The molecule has 0 aromatic rings. The number of piperazine rings is 1. The number of nitrogens with zero attached hydrogens (tertiary/aromatic N) is 2. The number of amides is 2. The van der Waals surface area contributed by atoms with Crippen LogP contribution in [0.1, 0.15) is 47.0 Å². The number of hydrogen-bond acceptors (Lipinski definition) is 4. The second-order valence-corrected chi connectivity index (χ2v) is 8.07. The maximum absolute atomic E-state index is 12.5. The van der Waals surface area contributed by atoms with E-state index in [1.807, 2.05) is 13.8 Å². The Bertz CT molecular complexity index is 506. The van der Waals surface area contributed by atoms with Crippen LogP contribution in [0.2, 0.25) is 0 Å². The molecule has 2 N–H and O–H groups in total. The van der Waals surface area contributed by atoms with Gasteiger partial charge in [-0.15, -0.1) is 0 Å². The highest BCUT2D eigenvalue weighted by Gasteiger charge is 2.33. The zero-order valence-electron chi connectivity index (χ0n) is 16.2. The van der Waals surface area contributed by atoms with Crippen molar-refractivity contribution < 1.29 is 9.59 Å². The predicted molar refractivity (Wildman–Crippen MR) is 100 cm³/mol. The summed E-state index contributed by atoms with van der Waals surface area (Å²) in [4.78, 5) is 29.2. The molecule has 0 bridgehead atoms. The van der Waals surface area contributed by atoms with Crippen molar-refractivity contribution in [1.29, 1.82) is 0 Å². The fraction of sp³-hybridized carbons (Fsp3) is 0.789. The second-order valence-electron chi connectivity index (χ2n) is 8.07. The van der Waals surface area contributed by atoms with Gasteiger partial charge in [0.1, 0.15) is 0 Å². The molecule has 2 aliphatic heterocycles. The van der Waals surface area contributed by atoms with Crippen LogP contribution >= 0.6 is 0 Å². The highest BCUT2D eigenvalue weighted by atomic mass is 16.2. The molecule has 2 amide bonds. The van der Waals surface area contributed by atoms with Gasteiger partial charge in [-0.3, -0.25) is 19.4 Å². The minimum atomic E-state index is -0.376. The maximum Gasteiger partial charge on any atom is 0.237 e. The average molecular weight is 351 g/mol. The molecule has 2 fully saturated rings. The van der Waals surface area contributed by atoms with Gasteiger partial charge in [-0.2, -0.15) is 0 Å². The van der Waals surface area contributed by atoms with Crippen molar-refractivity contribution in [3.63, 3.8) is 0 Å². The third-order valence-corrected chi connectivity index (χ3v) is 5.23. The summed E-state index contributed by atoms with van der Waals surface area (Å²) in [5, 5.41) is 5.93. The maximum atomic E-state index is 12.5. The van der Waals surface area contributed by atoms with E-state index >= 15 is 0 Å². The van der Waals surface area contributed by atoms with E-state index < -0.39 is 0 Å². The largest absolute Gasteiger partial charge is 0.354 e. The van der Waals surface area contributed by atoms with Gasteiger partial charge in [0.15, 0.2) is 0 Å². The summed E-state index contributed by atoms with van der Waals surface area (Å²) in [5.74, 6) is -0.0844. The van der Waals surface area contributed by atoms with E-state index in [1.165, 1.54) is 18.4 Å². The molecule has 2 heterocycles. The van der Waals surface area contributed by atoms with Crippen molar-refractivity contribution in [1.82, 2.24) is 20.4 Å². The van der Waals surface area contributed by atoms with E-state index in [2.05, 4.69) is 40.4 Å². The van der Waals surface area contributed by atoms with E-state index in [4.69, 9.17) is 0 Å². The Morgan fingerprint density at radius 2 is 1.96 bits per heavy atom. The van der Waals surface area contributed by atoms with E-state index in [-0.39, 0.29) is 29.8 Å². The minimum absolute atomic E-state index is 0.0390. The molecule has 6 heteroatoms. The normalized spacial score (nSPS) is 22.6. The minimum Gasteiger partial charge on any atom is -0.354 e. The Hall–Kier alpha value is -1.40. The van der Waals surface area contributed by atoms with E-state index in [0.717, 1.165) is 19.6 Å². The van der Waals surface area contributed by atoms with Crippen LogP contribution in [-0.2, 0) is 9.59 Å². The Morgan fingerprint density at radius 3 is 2.60 bits per heavy atom. The summed E-state index contributed by atoms with van der Waals surface area (Å²) in [6.45, 7) is 13.4. The Kier molecular flexibility index (Phi) is 7.02. The fourth-order valence-corrected chi connectivity index (χ4v) is 3.50. The van der Waals surface area contributed by atoms with Crippen LogP contribution in [0.3, 0.4) is 0 Å². The van der Waals surface area contributed by atoms with Crippen molar-refractivity contribution in [3.8, 4) is 0 Å². The number of rotatable bonds is 7. The van der Waals surface area contributed by atoms with Crippen LogP contribution in [0, 0.1) is 0 Å². The van der Waals surface area contributed by atoms with E-state index in [9.17, 15) is 9.59 Å². The quantitative estimate of drug-likeness (QED) is 0.676. The van der Waals surface area contributed by atoms with Gasteiger partial charge in [-0.05, 0) is 53.6 Å². The molecule has 6 nitrogen and oxygen atoms in total. The topological polar surface area (TPSA) is 64.7 Å². The number of likely N-dealkylation sites (tertiary alicyclic amines) is 1. The molecule has 0 spiro atoms. The Morgan fingerprint density at radius 1 is 1.28 bits per heavy atom. The van der Waals surface area contributed by atoms with Crippen molar-refractivity contribution >= 4 is 11.8 Å². The van der Waals surface area contributed by atoms with Gasteiger partial charge in [0.25, 0.3) is 0 Å². The summed E-state index contributed by atoms with van der Waals surface area (Å²) in [7, 11) is 0. The van der Waals surface area contributed by atoms with Crippen molar-refractivity contribution in [2.24, 2.45) is 0 Å². The third-order valence-electron chi connectivity index (χ3n) is 5.23. The molecule has 1 unspecified atom stereocenters. The molecule has 25 heavy (non-hydrogen) atoms. The van der Waals surface area contributed by atoms with Gasteiger partial charge in [0.2, 0.25) is 11.8 Å². The monoisotopic (exact) mass is 350 g/mol. The number of nitrogens with one attached hydrogen (secondary N) is 2. The summed E-state index contributed by atoms with van der Waals surface area (Å²) >= 11 is 0. The van der Waals surface area contributed by atoms with Gasteiger partial charge in [-0.25, -0.2) is 0 Å². The van der Waals surface area contributed by atoms with Crippen LogP contribution in [0.4, 0.5) is 0 Å². The number of allylic oxidation sites excluding steroid dienone is 1. The first-order valence-electron chi connectivity index (χ1n) is 9.46. The lowest BCUT2D eigenvalue weighted by atomic mass is 10.0. The molecule has 1 atom stereocenters. The number of hydrogen-bond donors (Lipinski definition) is 2. The molecule has 142 valence electrons. The fourth-order valence-electron chi connectivity index (χ4n) is 3.50. The molecule has 2 saturated heterocycles. The highest BCUT2D eigenvalue weighted by molar-refractivity contribution is 5.88. The molecule has 0 radical (unpaired) electrons. The number of carbonyl (C=O) groups is 2. The summed E-state index contributed by atoms with van der Waals surface area (Å²) in [6.07, 6.45) is 4.80. The molecule has 0 aromatic heterocycles. The zero-order valence-corrected chi connectivity index (χ0v) is 16.2. The first-order chi connectivity index (χ1) is 11.8. The lowest BCUT2D eigenvalue weighted by Gasteiger charge is -2.36. The van der Waals surface area contributed by atoms with Crippen LogP contribution in [0.15, 0.2) is 11.6 Å². The Labute approximate surface area is 152 Å². The molecule has 0 aromatic carbocycles. The first kappa shape index (κ1) is 19.9. The predicted octanol–water partition coefficient (Wildman–Crippen LogP) is 1.13. The average Bonchev–Trinajstić information content (AvgIpc) is 3.09. The van der Waals surface area contributed by atoms with Gasteiger partial charge < -0.3 is 10.6 Å². The summed E-state index contributed by atoms with van der Waals surface area (Å²) in [5.41, 5.74) is 1.18. The zero-order chi connectivity index (χ0) is 18.4. The molecule has 0 aliphatic carbocycles. The van der Waals surface area contributed by atoms with Crippen molar-refractivity contribution in [2.75, 3.05) is 39.3 Å². The second kappa shape index (κ2) is 8.81. The molecular formula is C19H34N4O2. The van der Waals surface area contributed by atoms with Gasteiger partial charge in [-0.1, -0.05) is 11.6 Å². The van der Waals surface area contributed by atoms with Crippen LogP contribution in [0.5, 0.6) is 0 Å². The standard InChI is InChI=1S/C19H34N4O2/c1-15(2)7-11-22-12-8-20-18(25)16(22)13-17(24)21-14-19(3,4)23-9-5-6-10-23/h7,16H,5-6,8-14H2,1-4H3,(H,20,25)(H,21,24). The summed E-state index contributed by atoms with van der Waals surface area (Å²) in [6, 6.07) is -0.376. The number of carbonyl (C=O) groups excluding carboxylic acids is 2. The molecular weight excluding hydrogens is 316 g/mol. The Balaban J connectivity index is 1.87. The first-order valence-corrected chi connectivity index (χ1v) is 9.46. The van der Waals surface area contributed by atoms with Crippen LogP contribution in [-0.4, -0.2) is 72.5 Å². The van der Waals surface area contributed by atoms with Gasteiger partial charge in [0.05, 0.1) is 12.5 Å². The van der Waals surface area contributed by atoms with Crippen molar-refractivity contribution in [2.45, 2.75) is 58.5 Å². The lowest BCUT2D eigenvalue weighted by molar-refractivity contribution is -0.133. The summed E-state index contributed by atoms with van der Waals surface area (Å²) < 4.78 is 0. The van der Waals surface area contributed by atoms with Gasteiger partial charge >= 0.3 is 0 Å².